The number of aldehydes is 1. The summed E-state index contributed by atoms with van der Waals surface area (Å²) in [6.07, 6.45) is 3.47. The summed E-state index contributed by atoms with van der Waals surface area (Å²) in [5.41, 5.74) is 2.20. The van der Waals surface area contributed by atoms with Crippen LogP contribution in [-0.4, -0.2) is 6.29 Å². The van der Waals surface area contributed by atoms with Crippen molar-refractivity contribution in [3.05, 3.63) is 35.1 Å². The highest BCUT2D eigenvalue weighted by Gasteiger charge is 2.17. The fourth-order valence-corrected chi connectivity index (χ4v) is 1.87. The van der Waals surface area contributed by atoms with Crippen LogP contribution < -0.4 is 0 Å². The van der Waals surface area contributed by atoms with Gasteiger partial charge in [-0.2, -0.15) is 0 Å². The summed E-state index contributed by atoms with van der Waals surface area (Å²) in [6, 6.07) is 4.84. The van der Waals surface area contributed by atoms with Crippen LogP contribution in [0.5, 0.6) is 0 Å². The molecule has 0 saturated heterocycles. The van der Waals surface area contributed by atoms with E-state index in [0.717, 1.165) is 36.7 Å². The van der Waals surface area contributed by atoms with Crippen molar-refractivity contribution < 1.29 is 9.18 Å². The zero-order valence-corrected chi connectivity index (χ0v) is 7.29. The molecule has 0 amide bonds. The molecule has 1 aliphatic carbocycles. The van der Waals surface area contributed by atoms with Crippen molar-refractivity contribution in [3.63, 3.8) is 0 Å². The van der Waals surface area contributed by atoms with E-state index < -0.39 is 0 Å². The Kier molecular flexibility index (Phi) is 2.13. The van der Waals surface area contributed by atoms with E-state index in [1.54, 1.807) is 12.1 Å². The molecule has 2 rings (SSSR count). The van der Waals surface area contributed by atoms with E-state index in [1.165, 1.54) is 6.07 Å². The highest BCUT2D eigenvalue weighted by Crippen LogP contribution is 2.24. The van der Waals surface area contributed by atoms with Gasteiger partial charge >= 0.3 is 0 Å². The van der Waals surface area contributed by atoms with E-state index in [-0.39, 0.29) is 11.7 Å². The van der Waals surface area contributed by atoms with E-state index in [1.807, 2.05) is 0 Å². The number of carbonyl (C=O) groups is 1. The van der Waals surface area contributed by atoms with Crippen molar-refractivity contribution in [1.82, 2.24) is 0 Å². The van der Waals surface area contributed by atoms with Crippen LogP contribution in [-0.2, 0) is 17.6 Å². The summed E-state index contributed by atoms with van der Waals surface area (Å²) in [7, 11) is 0. The molecule has 0 aromatic heterocycles. The number of benzene rings is 1. The fraction of sp³-hybridized carbons (Fsp3) is 0.364. The van der Waals surface area contributed by atoms with Gasteiger partial charge in [0.25, 0.3) is 0 Å². The quantitative estimate of drug-likeness (QED) is 0.602. The first-order valence-electron chi connectivity index (χ1n) is 4.52. The van der Waals surface area contributed by atoms with Gasteiger partial charge in [0, 0.05) is 5.92 Å². The Morgan fingerprint density at radius 2 is 2.23 bits per heavy atom. The highest BCUT2D eigenvalue weighted by atomic mass is 19.1. The molecule has 1 aliphatic rings. The van der Waals surface area contributed by atoms with E-state index in [2.05, 4.69) is 0 Å². The summed E-state index contributed by atoms with van der Waals surface area (Å²) in [5, 5.41) is 0. The average Bonchev–Trinajstić information content (AvgIpc) is 2.17. The first-order valence-corrected chi connectivity index (χ1v) is 4.52. The first kappa shape index (κ1) is 8.42. The van der Waals surface area contributed by atoms with Crippen LogP contribution in [0.3, 0.4) is 0 Å². The van der Waals surface area contributed by atoms with E-state index >= 15 is 0 Å². The first-order chi connectivity index (χ1) is 6.29. The van der Waals surface area contributed by atoms with Crippen molar-refractivity contribution in [2.75, 3.05) is 0 Å². The van der Waals surface area contributed by atoms with Crippen molar-refractivity contribution in [2.24, 2.45) is 5.92 Å². The SMILES string of the molecule is O=C[C@@H]1CCc2cc(F)ccc2C1. The Bertz CT molecular complexity index is 333. The second-order valence-corrected chi connectivity index (χ2v) is 3.55. The third kappa shape index (κ3) is 1.62. The van der Waals surface area contributed by atoms with Crippen molar-refractivity contribution in [2.45, 2.75) is 19.3 Å². The predicted octanol–water partition coefficient (Wildman–Crippen LogP) is 2.13. The Hall–Kier alpha value is -1.18. The predicted molar refractivity (Wildman–Crippen MR) is 48.0 cm³/mol. The summed E-state index contributed by atoms with van der Waals surface area (Å²) >= 11 is 0. The standard InChI is InChI=1S/C11H11FO/c12-11-4-3-9-5-8(7-13)1-2-10(9)6-11/h3-4,6-8H,1-2,5H2/t8-/m1/s1. The van der Waals surface area contributed by atoms with Crippen LogP contribution in [0.4, 0.5) is 4.39 Å². The maximum atomic E-state index is 12.8. The molecule has 1 nitrogen and oxygen atoms in total. The second-order valence-electron chi connectivity index (χ2n) is 3.55. The minimum Gasteiger partial charge on any atom is -0.303 e. The van der Waals surface area contributed by atoms with Gasteiger partial charge in [-0.1, -0.05) is 6.07 Å². The van der Waals surface area contributed by atoms with Gasteiger partial charge in [-0.05, 0) is 42.5 Å². The Morgan fingerprint density at radius 3 is 3.00 bits per heavy atom. The van der Waals surface area contributed by atoms with Gasteiger partial charge in [0.05, 0.1) is 0 Å². The zero-order chi connectivity index (χ0) is 9.26. The van der Waals surface area contributed by atoms with E-state index in [0.29, 0.717) is 0 Å². The molecule has 0 radical (unpaired) electrons. The van der Waals surface area contributed by atoms with Gasteiger partial charge in [-0.3, -0.25) is 0 Å². The topological polar surface area (TPSA) is 17.1 Å². The van der Waals surface area contributed by atoms with Crippen molar-refractivity contribution in [3.8, 4) is 0 Å². The number of rotatable bonds is 1. The normalized spacial score (nSPS) is 20.8. The third-order valence-electron chi connectivity index (χ3n) is 2.63. The molecule has 68 valence electrons. The van der Waals surface area contributed by atoms with Gasteiger partial charge < -0.3 is 4.79 Å². The molecule has 0 N–H and O–H groups in total. The zero-order valence-electron chi connectivity index (χ0n) is 7.29. The van der Waals surface area contributed by atoms with Crippen LogP contribution in [0.15, 0.2) is 18.2 Å². The fourth-order valence-electron chi connectivity index (χ4n) is 1.87. The van der Waals surface area contributed by atoms with Crippen LogP contribution in [0.1, 0.15) is 17.5 Å². The molecule has 0 spiro atoms. The van der Waals surface area contributed by atoms with Crippen LogP contribution in [0.25, 0.3) is 0 Å². The van der Waals surface area contributed by atoms with Crippen LogP contribution in [0.2, 0.25) is 0 Å². The Morgan fingerprint density at radius 1 is 1.38 bits per heavy atom. The molecule has 2 heteroatoms. The van der Waals surface area contributed by atoms with Crippen molar-refractivity contribution >= 4 is 6.29 Å². The van der Waals surface area contributed by atoms with Gasteiger partial charge in [0.2, 0.25) is 0 Å². The monoisotopic (exact) mass is 178 g/mol. The largest absolute Gasteiger partial charge is 0.303 e. The lowest BCUT2D eigenvalue weighted by molar-refractivity contribution is -0.111. The lowest BCUT2D eigenvalue weighted by Crippen LogP contribution is -2.15. The number of aryl methyl sites for hydroxylation is 1. The molecule has 1 aromatic carbocycles. The van der Waals surface area contributed by atoms with Gasteiger partial charge in [-0.15, -0.1) is 0 Å². The lowest BCUT2D eigenvalue weighted by atomic mass is 9.85. The number of hydrogen-bond acceptors (Lipinski definition) is 1. The molecular weight excluding hydrogens is 167 g/mol. The molecule has 1 atom stereocenters. The van der Waals surface area contributed by atoms with E-state index in [4.69, 9.17) is 0 Å². The summed E-state index contributed by atoms with van der Waals surface area (Å²) in [4.78, 5) is 10.6. The molecule has 0 aliphatic heterocycles. The number of carbonyl (C=O) groups excluding carboxylic acids is 1. The molecule has 0 heterocycles. The minimum absolute atomic E-state index is 0.137. The molecule has 1 aromatic rings. The highest BCUT2D eigenvalue weighted by molar-refractivity contribution is 5.55. The van der Waals surface area contributed by atoms with Crippen molar-refractivity contribution in [1.29, 1.82) is 0 Å². The molecule has 0 fully saturated rings. The lowest BCUT2D eigenvalue weighted by Gasteiger charge is -2.19. The summed E-state index contributed by atoms with van der Waals surface area (Å²) < 4.78 is 12.8. The van der Waals surface area contributed by atoms with Gasteiger partial charge in [-0.25, -0.2) is 4.39 Å². The van der Waals surface area contributed by atoms with Crippen LogP contribution in [0, 0.1) is 11.7 Å². The van der Waals surface area contributed by atoms with Crippen LogP contribution >= 0.6 is 0 Å². The smallest absolute Gasteiger partial charge is 0.123 e. The van der Waals surface area contributed by atoms with Gasteiger partial charge in [0.1, 0.15) is 12.1 Å². The molecule has 13 heavy (non-hydrogen) atoms. The number of halogens is 1. The Labute approximate surface area is 76.6 Å². The molecule has 0 unspecified atom stereocenters. The van der Waals surface area contributed by atoms with E-state index in [9.17, 15) is 9.18 Å². The average molecular weight is 178 g/mol. The number of hydrogen-bond donors (Lipinski definition) is 0. The summed E-state index contributed by atoms with van der Waals surface area (Å²) in [5.74, 6) is -0.0405. The maximum Gasteiger partial charge on any atom is 0.123 e. The molecule has 0 bridgehead atoms. The maximum absolute atomic E-state index is 12.8. The second kappa shape index (κ2) is 3.29. The Balaban J connectivity index is 2.31. The molecule has 0 saturated carbocycles. The van der Waals surface area contributed by atoms with Gasteiger partial charge in [0.15, 0.2) is 0 Å². The number of fused-ring (bicyclic) bond motifs is 1. The third-order valence-corrected chi connectivity index (χ3v) is 2.63. The minimum atomic E-state index is -0.177. The summed E-state index contributed by atoms with van der Waals surface area (Å²) in [6.45, 7) is 0. The molecular formula is C11H11FO.